The number of ketones is 1. The van der Waals surface area contributed by atoms with Gasteiger partial charge in [-0.05, 0) is 39.9 Å². The molecule has 1 fully saturated rings. The van der Waals surface area contributed by atoms with E-state index in [1.54, 1.807) is 6.92 Å². The molecule has 0 aliphatic carbocycles. The van der Waals surface area contributed by atoms with Crippen molar-refractivity contribution < 1.29 is 14.3 Å². The van der Waals surface area contributed by atoms with E-state index in [4.69, 9.17) is 4.74 Å². The highest BCUT2D eigenvalue weighted by molar-refractivity contribution is 5.99. The second-order valence-corrected chi connectivity index (χ2v) is 3.97. The highest BCUT2D eigenvalue weighted by Crippen LogP contribution is 2.15. The zero-order valence-corrected chi connectivity index (χ0v) is 9.49. The van der Waals surface area contributed by atoms with Crippen LogP contribution >= 0.6 is 0 Å². The van der Waals surface area contributed by atoms with Crippen LogP contribution in [-0.4, -0.2) is 43.4 Å². The van der Waals surface area contributed by atoms with Crippen LogP contribution in [0.15, 0.2) is 0 Å². The summed E-state index contributed by atoms with van der Waals surface area (Å²) in [6.45, 7) is 3.83. The molecule has 0 spiro atoms. The van der Waals surface area contributed by atoms with E-state index in [2.05, 4.69) is 4.90 Å². The van der Waals surface area contributed by atoms with E-state index >= 15 is 0 Å². The zero-order chi connectivity index (χ0) is 11.3. The quantitative estimate of drug-likeness (QED) is 0.504. The van der Waals surface area contributed by atoms with Gasteiger partial charge in [0.15, 0.2) is 0 Å². The molecule has 1 aliphatic rings. The molecule has 1 rings (SSSR count). The molecule has 0 saturated carbocycles. The number of likely N-dealkylation sites (tertiary alicyclic amines) is 1. The van der Waals surface area contributed by atoms with E-state index in [9.17, 15) is 9.59 Å². The number of carbonyl (C=O) groups is 2. The summed E-state index contributed by atoms with van der Waals surface area (Å²) in [5, 5.41) is 0. The third kappa shape index (κ3) is 3.63. The summed E-state index contributed by atoms with van der Waals surface area (Å²) < 4.78 is 4.91. The number of carbonyl (C=O) groups excluding carboxylic acids is 2. The number of nitrogens with zero attached hydrogens (tertiary/aromatic N) is 1. The number of Topliss-reactive ketones (excluding diaryl/α,β-unsaturated/α-hetero) is 1. The number of hydrogen-bond acceptors (Lipinski definition) is 4. The average Bonchev–Trinajstić information content (AvgIpc) is 2.16. The van der Waals surface area contributed by atoms with Crippen LogP contribution in [0.1, 0.15) is 26.2 Å². The summed E-state index contributed by atoms with van der Waals surface area (Å²) in [5.41, 5.74) is 0. The fraction of sp³-hybridized carbons (Fsp3) is 0.818. The molecule has 1 aliphatic heterocycles. The van der Waals surface area contributed by atoms with Gasteiger partial charge in [0.05, 0.1) is 6.61 Å². The number of hydrogen-bond donors (Lipinski definition) is 0. The van der Waals surface area contributed by atoms with Gasteiger partial charge in [0.1, 0.15) is 11.7 Å². The molecule has 0 N–H and O–H groups in total. The Bertz CT molecular complexity index is 232. The minimum atomic E-state index is -0.535. The lowest BCUT2D eigenvalue weighted by Crippen LogP contribution is -2.34. The molecule has 0 aromatic carbocycles. The van der Waals surface area contributed by atoms with Crippen LogP contribution in [0.2, 0.25) is 0 Å². The Morgan fingerprint density at radius 3 is 2.93 bits per heavy atom. The summed E-state index contributed by atoms with van der Waals surface area (Å²) in [5.74, 6) is -0.841. The first kappa shape index (κ1) is 12.2. The summed E-state index contributed by atoms with van der Waals surface area (Å²) in [6.07, 6.45) is 1.92. The molecule has 1 atom stereocenters. The minimum Gasteiger partial charge on any atom is -0.465 e. The van der Waals surface area contributed by atoms with Crippen molar-refractivity contribution in [2.45, 2.75) is 26.2 Å². The van der Waals surface area contributed by atoms with Gasteiger partial charge in [-0.3, -0.25) is 9.59 Å². The van der Waals surface area contributed by atoms with Crippen LogP contribution in [0, 0.1) is 5.92 Å². The Hall–Kier alpha value is -0.900. The topological polar surface area (TPSA) is 46.6 Å². The second kappa shape index (κ2) is 5.85. The molecule has 15 heavy (non-hydrogen) atoms. The van der Waals surface area contributed by atoms with Crippen molar-refractivity contribution in [3.8, 4) is 0 Å². The fourth-order valence-electron chi connectivity index (χ4n) is 1.81. The maximum absolute atomic E-state index is 11.7. The smallest absolute Gasteiger partial charge is 0.316 e. The predicted molar refractivity (Wildman–Crippen MR) is 56.5 cm³/mol. The highest BCUT2D eigenvalue weighted by Gasteiger charge is 2.28. The van der Waals surface area contributed by atoms with Gasteiger partial charge < -0.3 is 9.64 Å². The van der Waals surface area contributed by atoms with E-state index in [1.807, 2.05) is 7.05 Å². The van der Waals surface area contributed by atoms with Gasteiger partial charge in [-0.2, -0.15) is 0 Å². The van der Waals surface area contributed by atoms with Gasteiger partial charge in [0.25, 0.3) is 0 Å². The van der Waals surface area contributed by atoms with Crippen LogP contribution in [0.5, 0.6) is 0 Å². The Morgan fingerprint density at radius 1 is 1.53 bits per heavy atom. The van der Waals surface area contributed by atoms with E-state index < -0.39 is 5.92 Å². The third-order valence-electron chi connectivity index (χ3n) is 2.72. The van der Waals surface area contributed by atoms with Gasteiger partial charge in [0.2, 0.25) is 0 Å². The summed E-state index contributed by atoms with van der Waals surface area (Å²) in [7, 11) is 2.01. The first-order valence-electron chi connectivity index (χ1n) is 5.53. The van der Waals surface area contributed by atoms with E-state index in [1.165, 1.54) is 0 Å². The van der Waals surface area contributed by atoms with Gasteiger partial charge in [-0.15, -0.1) is 0 Å². The SMILES string of the molecule is CCOC(=O)C1CCN(C)CCCC1=O. The fourth-order valence-corrected chi connectivity index (χ4v) is 1.81. The Morgan fingerprint density at radius 2 is 2.27 bits per heavy atom. The standard InChI is InChI=1S/C11H19NO3/c1-3-15-11(14)9-6-8-12(2)7-4-5-10(9)13/h9H,3-8H2,1-2H3. The van der Waals surface area contributed by atoms with E-state index in [0.717, 1.165) is 19.5 Å². The Kier molecular flexibility index (Phi) is 4.75. The van der Waals surface area contributed by atoms with Crippen LogP contribution < -0.4 is 0 Å². The van der Waals surface area contributed by atoms with Crippen molar-refractivity contribution >= 4 is 11.8 Å². The first-order chi connectivity index (χ1) is 7.15. The van der Waals surface area contributed by atoms with E-state index in [0.29, 0.717) is 19.4 Å². The monoisotopic (exact) mass is 213 g/mol. The van der Waals surface area contributed by atoms with Crippen molar-refractivity contribution in [1.29, 1.82) is 0 Å². The molecule has 0 bridgehead atoms. The Balaban J connectivity index is 2.58. The highest BCUT2D eigenvalue weighted by atomic mass is 16.5. The molecule has 0 aromatic heterocycles. The molecule has 0 radical (unpaired) electrons. The molecular formula is C11H19NO3. The van der Waals surface area contributed by atoms with Crippen LogP contribution in [-0.2, 0) is 14.3 Å². The second-order valence-electron chi connectivity index (χ2n) is 3.97. The summed E-state index contributed by atoms with van der Waals surface area (Å²) in [4.78, 5) is 25.3. The van der Waals surface area contributed by atoms with Crippen molar-refractivity contribution in [2.24, 2.45) is 5.92 Å². The minimum absolute atomic E-state index is 0.0431. The number of rotatable bonds is 2. The molecule has 1 unspecified atom stereocenters. The lowest BCUT2D eigenvalue weighted by Gasteiger charge is -2.23. The Labute approximate surface area is 90.6 Å². The molecule has 86 valence electrons. The molecule has 4 heteroatoms. The molecule has 4 nitrogen and oxygen atoms in total. The number of ether oxygens (including phenoxy) is 1. The zero-order valence-electron chi connectivity index (χ0n) is 9.49. The molecule has 0 amide bonds. The first-order valence-corrected chi connectivity index (χ1v) is 5.53. The molecule has 1 saturated heterocycles. The predicted octanol–water partition coefficient (Wildman–Crippen LogP) is 0.850. The van der Waals surface area contributed by atoms with Gasteiger partial charge >= 0.3 is 5.97 Å². The lowest BCUT2D eigenvalue weighted by atomic mass is 9.95. The summed E-state index contributed by atoms with van der Waals surface area (Å²) >= 11 is 0. The normalized spacial score (nSPS) is 24.4. The van der Waals surface area contributed by atoms with Crippen molar-refractivity contribution in [3.63, 3.8) is 0 Å². The van der Waals surface area contributed by atoms with Crippen molar-refractivity contribution in [2.75, 3.05) is 26.7 Å². The van der Waals surface area contributed by atoms with Gasteiger partial charge in [-0.25, -0.2) is 0 Å². The number of esters is 1. The van der Waals surface area contributed by atoms with E-state index in [-0.39, 0.29) is 11.8 Å². The van der Waals surface area contributed by atoms with Crippen LogP contribution in [0.3, 0.4) is 0 Å². The third-order valence-corrected chi connectivity index (χ3v) is 2.72. The van der Waals surface area contributed by atoms with Crippen molar-refractivity contribution in [3.05, 3.63) is 0 Å². The molecular weight excluding hydrogens is 194 g/mol. The van der Waals surface area contributed by atoms with Crippen molar-refractivity contribution in [1.82, 2.24) is 4.90 Å². The molecule has 0 aromatic rings. The van der Waals surface area contributed by atoms with Gasteiger partial charge in [0, 0.05) is 6.42 Å². The van der Waals surface area contributed by atoms with Gasteiger partial charge in [-0.1, -0.05) is 0 Å². The summed E-state index contributed by atoms with van der Waals surface area (Å²) in [6, 6.07) is 0. The maximum atomic E-state index is 11.7. The van der Waals surface area contributed by atoms with Crippen LogP contribution in [0.4, 0.5) is 0 Å². The molecule has 1 heterocycles. The average molecular weight is 213 g/mol. The van der Waals surface area contributed by atoms with Crippen LogP contribution in [0.25, 0.3) is 0 Å². The maximum Gasteiger partial charge on any atom is 0.316 e. The lowest BCUT2D eigenvalue weighted by molar-refractivity contribution is -0.152. The largest absolute Gasteiger partial charge is 0.465 e.